The molecule has 92 valence electrons. The number of aromatic nitrogens is 3. The third-order valence-electron chi connectivity index (χ3n) is 2.40. The van der Waals surface area contributed by atoms with Crippen LogP contribution in [0.4, 0.5) is 5.13 Å². The Kier molecular flexibility index (Phi) is 3.11. The monoisotopic (exact) mass is 298 g/mol. The lowest BCUT2D eigenvalue weighted by Crippen LogP contribution is -1.99. The Balaban J connectivity index is 1.73. The fourth-order valence-corrected chi connectivity index (χ4v) is 2.61. The van der Waals surface area contributed by atoms with Gasteiger partial charge in [-0.3, -0.25) is 0 Å². The molecule has 4 nitrogen and oxygen atoms in total. The number of imidazole rings is 1. The second kappa shape index (κ2) is 4.76. The van der Waals surface area contributed by atoms with Gasteiger partial charge in [0.25, 0.3) is 0 Å². The fraction of sp³-hybridized carbons (Fsp3) is 0.0909. The highest BCUT2D eigenvalue weighted by Crippen LogP contribution is 2.23. The standard InChI is InChI=1S/C11H8Cl2N4S/c12-8-2-1-7(5-9(8)13)6-15-10-16-17-4-3-14-11(17)18-10/h1-5H,6H2,(H,15,16). The minimum absolute atomic E-state index is 0.560. The summed E-state index contributed by atoms with van der Waals surface area (Å²) in [5, 5.41) is 9.50. The lowest BCUT2D eigenvalue weighted by atomic mass is 10.2. The van der Waals surface area contributed by atoms with Gasteiger partial charge in [0.05, 0.1) is 16.2 Å². The quantitative estimate of drug-likeness (QED) is 0.801. The Morgan fingerprint density at radius 1 is 1.28 bits per heavy atom. The van der Waals surface area contributed by atoms with Gasteiger partial charge in [0.15, 0.2) is 0 Å². The van der Waals surface area contributed by atoms with Crippen LogP contribution in [0.3, 0.4) is 0 Å². The van der Waals surface area contributed by atoms with Crippen molar-refractivity contribution in [1.82, 2.24) is 14.6 Å². The molecule has 0 saturated heterocycles. The summed E-state index contributed by atoms with van der Waals surface area (Å²) >= 11 is 13.3. The molecule has 1 aromatic carbocycles. The minimum Gasteiger partial charge on any atom is -0.356 e. The Morgan fingerprint density at radius 2 is 2.17 bits per heavy atom. The Labute approximate surface area is 117 Å². The summed E-state index contributed by atoms with van der Waals surface area (Å²) in [7, 11) is 0. The number of hydrogen-bond acceptors (Lipinski definition) is 4. The normalized spacial score (nSPS) is 11.0. The van der Waals surface area contributed by atoms with Gasteiger partial charge in [0.1, 0.15) is 0 Å². The molecule has 0 bridgehead atoms. The maximum Gasteiger partial charge on any atom is 0.213 e. The lowest BCUT2D eigenvalue weighted by molar-refractivity contribution is 0.962. The Bertz CT molecular complexity index is 663. The van der Waals surface area contributed by atoms with Gasteiger partial charge >= 0.3 is 0 Å². The first-order chi connectivity index (χ1) is 8.72. The first-order valence-corrected chi connectivity index (χ1v) is 6.77. The van der Waals surface area contributed by atoms with Crippen molar-refractivity contribution >= 4 is 44.6 Å². The molecule has 0 aliphatic heterocycles. The molecule has 1 N–H and O–H groups in total. The van der Waals surface area contributed by atoms with E-state index in [1.807, 2.05) is 18.3 Å². The highest BCUT2D eigenvalue weighted by atomic mass is 35.5. The van der Waals surface area contributed by atoms with Gasteiger partial charge in [-0.2, -0.15) is 0 Å². The topological polar surface area (TPSA) is 42.2 Å². The van der Waals surface area contributed by atoms with E-state index >= 15 is 0 Å². The molecule has 0 aliphatic rings. The average molecular weight is 299 g/mol. The summed E-state index contributed by atoms with van der Waals surface area (Å²) in [4.78, 5) is 5.03. The SMILES string of the molecule is Clc1ccc(CNc2nn3ccnc3s2)cc1Cl. The average Bonchev–Trinajstić information content (AvgIpc) is 2.91. The molecule has 0 amide bonds. The maximum absolute atomic E-state index is 5.96. The molecule has 0 saturated carbocycles. The van der Waals surface area contributed by atoms with Crippen LogP contribution in [0, 0.1) is 0 Å². The van der Waals surface area contributed by atoms with Crippen molar-refractivity contribution in [2.75, 3.05) is 5.32 Å². The zero-order chi connectivity index (χ0) is 12.5. The van der Waals surface area contributed by atoms with Gasteiger partial charge in [-0.05, 0) is 17.7 Å². The number of hydrogen-bond donors (Lipinski definition) is 1. The maximum atomic E-state index is 5.96. The van der Waals surface area contributed by atoms with Crippen LogP contribution in [0.1, 0.15) is 5.56 Å². The minimum atomic E-state index is 0.560. The van der Waals surface area contributed by atoms with E-state index in [9.17, 15) is 0 Å². The van der Waals surface area contributed by atoms with Crippen molar-refractivity contribution in [1.29, 1.82) is 0 Å². The van der Waals surface area contributed by atoms with Gasteiger partial charge in [0, 0.05) is 12.7 Å². The molecule has 0 radical (unpaired) electrons. The molecule has 0 atom stereocenters. The summed E-state index contributed by atoms with van der Waals surface area (Å²) in [5.74, 6) is 0. The molecular formula is C11H8Cl2N4S. The van der Waals surface area contributed by atoms with Gasteiger partial charge in [-0.25, -0.2) is 9.50 Å². The Hall–Kier alpha value is -1.30. The molecular weight excluding hydrogens is 291 g/mol. The van der Waals surface area contributed by atoms with Crippen molar-refractivity contribution in [2.24, 2.45) is 0 Å². The van der Waals surface area contributed by atoms with Crippen LogP contribution in [-0.2, 0) is 6.54 Å². The number of nitrogens with one attached hydrogen (secondary N) is 1. The zero-order valence-corrected chi connectivity index (χ0v) is 11.4. The number of fused-ring (bicyclic) bond motifs is 1. The van der Waals surface area contributed by atoms with E-state index in [0.717, 1.165) is 15.7 Å². The van der Waals surface area contributed by atoms with Gasteiger partial charge in [-0.15, -0.1) is 5.10 Å². The summed E-state index contributed by atoms with van der Waals surface area (Å²) < 4.78 is 1.74. The Morgan fingerprint density at radius 3 is 2.94 bits per heavy atom. The van der Waals surface area contributed by atoms with Crippen LogP contribution in [-0.4, -0.2) is 14.6 Å². The molecule has 18 heavy (non-hydrogen) atoms. The number of anilines is 1. The molecule has 0 unspecified atom stereocenters. The lowest BCUT2D eigenvalue weighted by Gasteiger charge is -2.03. The van der Waals surface area contributed by atoms with E-state index in [0.29, 0.717) is 16.6 Å². The predicted octanol–water partition coefficient (Wildman–Crippen LogP) is 3.71. The van der Waals surface area contributed by atoms with Gasteiger partial charge in [-0.1, -0.05) is 40.6 Å². The number of halogens is 2. The number of benzene rings is 1. The van der Waals surface area contributed by atoms with E-state index < -0.39 is 0 Å². The van der Waals surface area contributed by atoms with E-state index in [2.05, 4.69) is 15.4 Å². The predicted molar refractivity (Wildman–Crippen MR) is 74.7 cm³/mol. The first kappa shape index (κ1) is 11.8. The zero-order valence-electron chi connectivity index (χ0n) is 9.10. The van der Waals surface area contributed by atoms with Gasteiger partial charge < -0.3 is 5.32 Å². The smallest absolute Gasteiger partial charge is 0.213 e. The molecule has 0 fully saturated rings. The van der Waals surface area contributed by atoms with Crippen molar-refractivity contribution in [3.05, 3.63) is 46.2 Å². The van der Waals surface area contributed by atoms with E-state index in [4.69, 9.17) is 23.2 Å². The highest BCUT2D eigenvalue weighted by Gasteiger charge is 2.04. The second-order valence-corrected chi connectivity index (χ2v) is 5.43. The molecule has 2 aromatic heterocycles. The summed E-state index contributed by atoms with van der Waals surface area (Å²) in [6, 6.07) is 5.56. The van der Waals surface area contributed by atoms with Crippen LogP contribution >= 0.6 is 34.5 Å². The van der Waals surface area contributed by atoms with Crippen LogP contribution in [0.25, 0.3) is 4.96 Å². The van der Waals surface area contributed by atoms with E-state index in [1.165, 1.54) is 11.3 Å². The number of nitrogens with zero attached hydrogens (tertiary/aromatic N) is 3. The molecule has 7 heteroatoms. The van der Waals surface area contributed by atoms with E-state index in [-0.39, 0.29) is 0 Å². The molecule has 0 aliphatic carbocycles. The van der Waals surface area contributed by atoms with Gasteiger partial charge in [0.2, 0.25) is 10.1 Å². The largest absolute Gasteiger partial charge is 0.356 e. The highest BCUT2D eigenvalue weighted by molar-refractivity contribution is 7.20. The van der Waals surface area contributed by atoms with Crippen LogP contribution < -0.4 is 5.32 Å². The molecule has 0 spiro atoms. The van der Waals surface area contributed by atoms with Crippen LogP contribution in [0.5, 0.6) is 0 Å². The second-order valence-electron chi connectivity index (χ2n) is 3.66. The number of rotatable bonds is 3. The summed E-state index contributed by atoms with van der Waals surface area (Å²) in [6.45, 7) is 0.646. The summed E-state index contributed by atoms with van der Waals surface area (Å²) in [6.07, 6.45) is 3.54. The third kappa shape index (κ3) is 2.29. The van der Waals surface area contributed by atoms with Crippen LogP contribution in [0.15, 0.2) is 30.6 Å². The molecule has 2 heterocycles. The molecule has 3 rings (SSSR count). The van der Waals surface area contributed by atoms with E-state index in [1.54, 1.807) is 16.8 Å². The van der Waals surface area contributed by atoms with Crippen molar-refractivity contribution in [3.63, 3.8) is 0 Å². The molecule has 3 aromatic rings. The fourth-order valence-electron chi connectivity index (χ4n) is 1.54. The summed E-state index contributed by atoms with van der Waals surface area (Å²) in [5.41, 5.74) is 1.05. The van der Waals surface area contributed by atoms with Crippen molar-refractivity contribution in [2.45, 2.75) is 6.54 Å². The van der Waals surface area contributed by atoms with Crippen molar-refractivity contribution < 1.29 is 0 Å². The third-order valence-corrected chi connectivity index (χ3v) is 4.04. The first-order valence-electron chi connectivity index (χ1n) is 5.20. The van der Waals surface area contributed by atoms with Crippen molar-refractivity contribution in [3.8, 4) is 0 Å². The van der Waals surface area contributed by atoms with Crippen LogP contribution in [0.2, 0.25) is 10.0 Å².